The van der Waals surface area contributed by atoms with Crippen molar-refractivity contribution in [3.05, 3.63) is 23.2 Å². The summed E-state index contributed by atoms with van der Waals surface area (Å²) >= 11 is 5.95. The first kappa shape index (κ1) is 14.6. The molecule has 19 heavy (non-hydrogen) atoms. The van der Waals surface area contributed by atoms with Crippen LogP contribution in [0, 0.1) is 5.92 Å². The molecule has 1 fully saturated rings. The van der Waals surface area contributed by atoms with E-state index in [1.165, 1.54) is 16.4 Å². The van der Waals surface area contributed by atoms with Crippen molar-refractivity contribution in [2.24, 2.45) is 5.92 Å². The Balaban J connectivity index is 2.35. The molecule has 1 aliphatic heterocycles. The molecule has 0 amide bonds. The van der Waals surface area contributed by atoms with E-state index in [4.69, 9.17) is 17.3 Å². The average Bonchev–Trinajstić information content (AvgIpc) is 2.35. The highest BCUT2D eigenvalue weighted by Gasteiger charge is 2.33. The second kappa shape index (κ2) is 5.28. The molecule has 7 heteroatoms. The van der Waals surface area contributed by atoms with Crippen molar-refractivity contribution in [3.63, 3.8) is 0 Å². The number of aliphatic hydroxyl groups excluding tert-OH is 1. The van der Waals surface area contributed by atoms with Crippen molar-refractivity contribution in [2.75, 3.05) is 18.8 Å². The second-order valence-electron chi connectivity index (χ2n) is 4.89. The van der Waals surface area contributed by atoms with Gasteiger partial charge in [0.05, 0.1) is 11.1 Å². The zero-order valence-electron chi connectivity index (χ0n) is 10.6. The van der Waals surface area contributed by atoms with Gasteiger partial charge in [-0.05, 0) is 30.5 Å². The molecule has 1 aromatic rings. The summed E-state index contributed by atoms with van der Waals surface area (Å²) in [4.78, 5) is 0.0257. The summed E-state index contributed by atoms with van der Waals surface area (Å²) in [5, 5.41) is 9.82. The number of rotatable bonds is 2. The van der Waals surface area contributed by atoms with E-state index in [1.54, 1.807) is 6.07 Å². The number of piperidine rings is 1. The molecule has 5 nitrogen and oxygen atoms in total. The number of sulfonamides is 1. The summed E-state index contributed by atoms with van der Waals surface area (Å²) in [6.07, 6.45) is -0.0249. The normalized spacial score (nSPS) is 25.4. The van der Waals surface area contributed by atoms with Gasteiger partial charge in [0.25, 0.3) is 0 Å². The first-order valence-electron chi connectivity index (χ1n) is 6.05. The first-order chi connectivity index (χ1) is 8.82. The van der Waals surface area contributed by atoms with Crippen molar-refractivity contribution >= 4 is 27.3 Å². The molecule has 2 unspecified atom stereocenters. The lowest BCUT2D eigenvalue weighted by molar-refractivity contribution is 0.0628. The highest BCUT2D eigenvalue weighted by molar-refractivity contribution is 7.89. The molecule has 0 radical (unpaired) electrons. The number of hydrogen-bond donors (Lipinski definition) is 2. The van der Waals surface area contributed by atoms with Gasteiger partial charge in [0, 0.05) is 18.8 Å². The number of hydrogen-bond acceptors (Lipinski definition) is 4. The molecule has 1 saturated heterocycles. The Morgan fingerprint density at radius 1 is 1.47 bits per heavy atom. The number of nitrogens with two attached hydrogens (primary N) is 1. The fourth-order valence-electron chi connectivity index (χ4n) is 2.17. The van der Waals surface area contributed by atoms with Crippen LogP contribution in [0.4, 0.5) is 5.69 Å². The van der Waals surface area contributed by atoms with Crippen LogP contribution in [-0.2, 0) is 10.0 Å². The maximum Gasteiger partial charge on any atom is 0.244 e. The minimum Gasteiger partial charge on any atom is -0.399 e. The number of aliphatic hydroxyl groups is 1. The summed E-state index contributed by atoms with van der Waals surface area (Å²) < 4.78 is 26.4. The molecule has 0 saturated carbocycles. The van der Waals surface area contributed by atoms with Crippen LogP contribution in [-0.4, -0.2) is 37.0 Å². The zero-order valence-corrected chi connectivity index (χ0v) is 12.2. The fraction of sp³-hybridized carbons (Fsp3) is 0.500. The standard InChI is InChI=1S/C12H17ClN2O3S/c1-8-7-15(5-4-11(8)16)19(17,18)12-6-9(14)2-3-10(12)13/h2-3,6,8,11,16H,4-5,7,14H2,1H3. The molecule has 0 bridgehead atoms. The third kappa shape index (κ3) is 2.86. The molecule has 0 aliphatic carbocycles. The van der Waals surface area contributed by atoms with Crippen LogP contribution in [0.3, 0.4) is 0 Å². The van der Waals surface area contributed by atoms with Crippen LogP contribution in [0.1, 0.15) is 13.3 Å². The van der Waals surface area contributed by atoms with Crippen LogP contribution in [0.2, 0.25) is 5.02 Å². The molecular weight excluding hydrogens is 288 g/mol. The summed E-state index contributed by atoms with van der Waals surface area (Å²) in [5.41, 5.74) is 5.98. The largest absolute Gasteiger partial charge is 0.399 e. The van der Waals surface area contributed by atoms with Crippen LogP contribution < -0.4 is 5.73 Å². The molecule has 1 heterocycles. The van der Waals surface area contributed by atoms with Crippen molar-refractivity contribution in [1.82, 2.24) is 4.31 Å². The maximum absolute atomic E-state index is 12.5. The van der Waals surface area contributed by atoms with E-state index >= 15 is 0 Å². The molecule has 0 spiro atoms. The number of nitrogens with zero attached hydrogens (tertiary/aromatic N) is 1. The second-order valence-corrected chi connectivity index (χ2v) is 7.20. The van der Waals surface area contributed by atoms with Gasteiger partial charge in [-0.15, -0.1) is 0 Å². The van der Waals surface area contributed by atoms with Gasteiger partial charge in [-0.2, -0.15) is 4.31 Å². The monoisotopic (exact) mass is 304 g/mol. The summed E-state index contributed by atoms with van der Waals surface area (Å²) in [6.45, 7) is 2.40. The third-order valence-electron chi connectivity index (χ3n) is 3.40. The molecule has 1 aliphatic rings. The van der Waals surface area contributed by atoms with E-state index in [-0.39, 0.29) is 22.4 Å². The quantitative estimate of drug-likeness (QED) is 0.807. The smallest absolute Gasteiger partial charge is 0.244 e. The molecule has 2 rings (SSSR count). The van der Waals surface area contributed by atoms with E-state index in [2.05, 4.69) is 0 Å². The Kier molecular flexibility index (Phi) is 4.06. The minimum atomic E-state index is -3.66. The number of halogens is 1. The Morgan fingerprint density at radius 3 is 2.79 bits per heavy atom. The lowest BCUT2D eigenvalue weighted by Gasteiger charge is -2.33. The van der Waals surface area contributed by atoms with Crippen LogP contribution in [0.5, 0.6) is 0 Å². The Bertz CT molecular complexity index is 576. The first-order valence-corrected chi connectivity index (χ1v) is 7.87. The SMILES string of the molecule is CC1CN(S(=O)(=O)c2cc(N)ccc2Cl)CCC1O. The van der Waals surface area contributed by atoms with Gasteiger partial charge in [-0.1, -0.05) is 18.5 Å². The molecule has 2 atom stereocenters. The molecule has 3 N–H and O–H groups in total. The molecule has 106 valence electrons. The zero-order chi connectivity index (χ0) is 14.2. The lowest BCUT2D eigenvalue weighted by Crippen LogP contribution is -2.44. The van der Waals surface area contributed by atoms with Gasteiger partial charge in [0.15, 0.2) is 0 Å². The van der Waals surface area contributed by atoms with Crippen molar-refractivity contribution in [2.45, 2.75) is 24.3 Å². The summed E-state index contributed by atoms with van der Waals surface area (Å²) in [5.74, 6) is -0.0941. The lowest BCUT2D eigenvalue weighted by atomic mass is 9.99. The fourth-order valence-corrected chi connectivity index (χ4v) is 4.23. The number of anilines is 1. The van der Waals surface area contributed by atoms with Gasteiger partial charge in [-0.3, -0.25) is 0 Å². The minimum absolute atomic E-state index is 0.0257. The number of nitrogen functional groups attached to an aromatic ring is 1. The molecule has 0 aromatic heterocycles. The molecular formula is C12H17ClN2O3S. The highest BCUT2D eigenvalue weighted by Crippen LogP contribution is 2.29. The van der Waals surface area contributed by atoms with Gasteiger partial charge in [0.2, 0.25) is 10.0 Å². The van der Waals surface area contributed by atoms with Crippen molar-refractivity contribution < 1.29 is 13.5 Å². The maximum atomic E-state index is 12.5. The Labute approximate surface area is 118 Å². The third-order valence-corrected chi connectivity index (χ3v) is 5.74. The predicted octanol–water partition coefficient (Wildman–Crippen LogP) is 1.31. The van der Waals surface area contributed by atoms with Gasteiger partial charge < -0.3 is 10.8 Å². The number of benzene rings is 1. The van der Waals surface area contributed by atoms with Crippen LogP contribution in [0.25, 0.3) is 0 Å². The van der Waals surface area contributed by atoms with E-state index in [0.29, 0.717) is 18.7 Å². The van der Waals surface area contributed by atoms with Crippen LogP contribution in [0.15, 0.2) is 23.1 Å². The highest BCUT2D eigenvalue weighted by atomic mass is 35.5. The van der Waals surface area contributed by atoms with Crippen LogP contribution >= 0.6 is 11.6 Å². The van der Waals surface area contributed by atoms with E-state index in [0.717, 1.165) is 0 Å². The topological polar surface area (TPSA) is 83.6 Å². The average molecular weight is 305 g/mol. The Morgan fingerprint density at radius 2 is 2.16 bits per heavy atom. The van der Waals surface area contributed by atoms with E-state index in [1.807, 2.05) is 6.92 Å². The summed E-state index contributed by atoms with van der Waals surface area (Å²) in [7, 11) is -3.66. The van der Waals surface area contributed by atoms with Crippen molar-refractivity contribution in [1.29, 1.82) is 0 Å². The van der Waals surface area contributed by atoms with Gasteiger partial charge in [0.1, 0.15) is 4.90 Å². The van der Waals surface area contributed by atoms with E-state index < -0.39 is 16.1 Å². The predicted molar refractivity (Wildman–Crippen MR) is 74.4 cm³/mol. The Hall–Kier alpha value is -0.820. The van der Waals surface area contributed by atoms with Crippen molar-refractivity contribution in [3.8, 4) is 0 Å². The van der Waals surface area contributed by atoms with Gasteiger partial charge in [-0.25, -0.2) is 8.42 Å². The summed E-state index contributed by atoms with van der Waals surface area (Å²) in [6, 6.07) is 4.41. The van der Waals surface area contributed by atoms with Gasteiger partial charge >= 0.3 is 0 Å². The van der Waals surface area contributed by atoms with E-state index in [9.17, 15) is 13.5 Å². The molecule has 1 aromatic carbocycles.